The van der Waals surface area contributed by atoms with Crippen LogP contribution in [0.5, 0.6) is 0 Å². The zero-order valence-corrected chi connectivity index (χ0v) is 11.2. The molecule has 0 bridgehead atoms. The van der Waals surface area contributed by atoms with E-state index in [0.717, 1.165) is 6.54 Å². The van der Waals surface area contributed by atoms with Crippen LogP contribution in [0.4, 0.5) is 0 Å². The second-order valence-corrected chi connectivity index (χ2v) is 5.02. The van der Waals surface area contributed by atoms with Gasteiger partial charge in [0.1, 0.15) is 0 Å². The first-order valence-electron chi connectivity index (χ1n) is 6.30. The number of nitrogens with zero attached hydrogens (tertiary/aromatic N) is 3. The lowest BCUT2D eigenvalue weighted by molar-refractivity contribution is 0.148. The maximum atomic E-state index is 3.86. The van der Waals surface area contributed by atoms with Crippen molar-refractivity contribution >= 4 is 6.08 Å². The van der Waals surface area contributed by atoms with Crippen molar-refractivity contribution in [1.29, 1.82) is 0 Å². The molecule has 17 heavy (non-hydrogen) atoms. The second-order valence-electron chi connectivity index (χ2n) is 5.02. The molecule has 0 unspecified atom stereocenters. The molecular weight excluding hydrogens is 210 g/mol. The van der Waals surface area contributed by atoms with Gasteiger partial charge in [0.25, 0.3) is 0 Å². The van der Waals surface area contributed by atoms with Crippen LogP contribution in [0, 0.1) is 6.92 Å². The predicted octanol–water partition coefficient (Wildman–Crippen LogP) is 1.72. The first-order chi connectivity index (χ1) is 8.11. The van der Waals surface area contributed by atoms with Gasteiger partial charge in [-0.1, -0.05) is 6.58 Å². The predicted molar refractivity (Wildman–Crippen MR) is 73.0 cm³/mol. The largest absolute Gasteiger partial charge is 0.348 e. The van der Waals surface area contributed by atoms with E-state index in [1.807, 2.05) is 6.08 Å². The smallest absolute Gasteiger partial charge is 0.0403 e. The molecule has 0 spiro atoms. The molecule has 3 nitrogen and oxygen atoms in total. The summed E-state index contributed by atoms with van der Waals surface area (Å²) >= 11 is 0. The van der Waals surface area contributed by atoms with E-state index in [2.05, 4.69) is 48.0 Å². The van der Waals surface area contributed by atoms with Crippen LogP contribution in [0.15, 0.2) is 12.6 Å². The normalized spacial score (nSPS) is 18.5. The van der Waals surface area contributed by atoms with Crippen LogP contribution in [0.1, 0.15) is 17.0 Å². The molecule has 0 aromatic carbocycles. The van der Waals surface area contributed by atoms with Crippen LogP contribution < -0.4 is 0 Å². The SMILES string of the molecule is C=Cc1cc(CN2CCN(C)CC2)c(C)n1C. The number of likely N-dealkylation sites (N-methyl/N-ethyl adjacent to an activating group) is 1. The highest BCUT2D eigenvalue weighted by Gasteiger charge is 2.16. The Hall–Kier alpha value is -1.06. The molecule has 0 N–H and O–H groups in total. The van der Waals surface area contributed by atoms with Crippen molar-refractivity contribution in [3.63, 3.8) is 0 Å². The molecule has 0 saturated carbocycles. The highest BCUT2D eigenvalue weighted by Crippen LogP contribution is 2.17. The van der Waals surface area contributed by atoms with E-state index in [1.165, 1.54) is 43.1 Å². The van der Waals surface area contributed by atoms with Crippen molar-refractivity contribution in [2.75, 3.05) is 33.2 Å². The Morgan fingerprint density at radius 2 is 1.88 bits per heavy atom. The fourth-order valence-corrected chi connectivity index (χ4v) is 2.39. The van der Waals surface area contributed by atoms with E-state index < -0.39 is 0 Å². The maximum absolute atomic E-state index is 3.86. The minimum Gasteiger partial charge on any atom is -0.348 e. The van der Waals surface area contributed by atoms with Gasteiger partial charge in [0.05, 0.1) is 0 Å². The minimum atomic E-state index is 1.07. The topological polar surface area (TPSA) is 11.4 Å². The average molecular weight is 233 g/mol. The van der Waals surface area contributed by atoms with Crippen LogP contribution in [0.3, 0.4) is 0 Å². The van der Waals surface area contributed by atoms with E-state index in [4.69, 9.17) is 0 Å². The molecule has 1 saturated heterocycles. The number of hydrogen-bond donors (Lipinski definition) is 0. The zero-order chi connectivity index (χ0) is 12.4. The van der Waals surface area contributed by atoms with Gasteiger partial charge in [-0.3, -0.25) is 4.90 Å². The van der Waals surface area contributed by atoms with Crippen LogP contribution in [-0.4, -0.2) is 47.6 Å². The monoisotopic (exact) mass is 233 g/mol. The van der Waals surface area contributed by atoms with E-state index in [0.29, 0.717) is 0 Å². The molecule has 1 aromatic rings. The molecule has 1 fully saturated rings. The summed E-state index contributed by atoms with van der Waals surface area (Å²) in [6, 6.07) is 2.26. The van der Waals surface area contributed by atoms with Gasteiger partial charge < -0.3 is 9.47 Å². The van der Waals surface area contributed by atoms with Gasteiger partial charge in [0, 0.05) is 51.2 Å². The van der Waals surface area contributed by atoms with Gasteiger partial charge in [-0.2, -0.15) is 0 Å². The molecule has 1 aliphatic rings. The Bertz CT molecular complexity index is 398. The molecule has 3 heteroatoms. The Labute approximate surface area is 104 Å². The average Bonchev–Trinajstić information content (AvgIpc) is 2.60. The van der Waals surface area contributed by atoms with Gasteiger partial charge >= 0.3 is 0 Å². The summed E-state index contributed by atoms with van der Waals surface area (Å²) < 4.78 is 2.22. The molecule has 0 amide bonds. The van der Waals surface area contributed by atoms with Crippen LogP contribution in [-0.2, 0) is 13.6 Å². The van der Waals surface area contributed by atoms with Gasteiger partial charge in [-0.05, 0) is 31.7 Å². The number of hydrogen-bond acceptors (Lipinski definition) is 2. The highest BCUT2D eigenvalue weighted by atomic mass is 15.2. The first kappa shape index (κ1) is 12.4. The van der Waals surface area contributed by atoms with Gasteiger partial charge in [-0.25, -0.2) is 0 Å². The number of piperazine rings is 1. The lowest BCUT2D eigenvalue weighted by atomic mass is 10.2. The Kier molecular flexibility index (Phi) is 3.69. The molecule has 0 aliphatic carbocycles. The summed E-state index contributed by atoms with van der Waals surface area (Å²) in [4.78, 5) is 4.93. The van der Waals surface area contributed by atoms with Gasteiger partial charge in [0.15, 0.2) is 0 Å². The van der Waals surface area contributed by atoms with Crippen molar-refractivity contribution in [3.05, 3.63) is 29.6 Å². The quantitative estimate of drug-likeness (QED) is 0.787. The minimum absolute atomic E-state index is 1.07. The molecule has 1 aromatic heterocycles. The Morgan fingerprint density at radius 1 is 1.24 bits per heavy atom. The fourth-order valence-electron chi connectivity index (χ4n) is 2.39. The van der Waals surface area contributed by atoms with E-state index in [-0.39, 0.29) is 0 Å². The van der Waals surface area contributed by atoms with Gasteiger partial charge in [0.2, 0.25) is 0 Å². The van der Waals surface area contributed by atoms with Crippen LogP contribution in [0.25, 0.3) is 6.08 Å². The summed E-state index contributed by atoms with van der Waals surface area (Å²) in [5.41, 5.74) is 4.01. The highest BCUT2D eigenvalue weighted by molar-refractivity contribution is 5.47. The van der Waals surface area contributed by atoms with E-state index in [1.54, 1.807) is 0 Å². The molecule has 0 radical (unpaired) electrons. The fraction of sp³-hybridized carbons (Fsp3) is 0.571. The third-order valence-electron chi connectivity index (χ3n) is 3.88. The standard InChI is InChI=1S/C14H23N3/c1-5-14-10-13(12(2)16(14)4)11-17-8-6-15(3)7-9-17/h5,10H,1,6-9,11H2,2-4H3. The van der Waals surface area contributed by atoms with Crippen molar-refractivity contribution in [3.8, 4) is 0 Å². The van der Waals surface area contributed by atoms with Crippen molar-refractivity contribution < 1.29 is 0 Å². The third kappa shape index (κ3) is 2.61. The molecule has 1 aliphatic heterocycles. The van der Waals surface area contributed by atoms with Crippen LogP contribution >= 0.6 is 0 Å². The molecule has 2 rings (SSSR count). The van der Waals surface area contributed by atoms with Crippen molar-refractivity contribution in [2.24, 2.45) is 7.05 Å². The number of rotatable bonds is 3. The Balaban J connectivity index is 2.06. The molecule has 94 valence electrons. The molecule has 0 atom stereocenters. The summed E-state index contributed by atoms with van der Waals surface area (Å²) in [6.07, 6.45) is 1.93. The van der Waals surface area contributed by atoms with Crippen LogP contribution in [0.2, 0.25) is 0 Å². The van der Waals surface area contributed by atoms with E-state index in [9.17, 15) is 0 Å². The lowest BCUT2D eigenvalue weighted by Gasteiger charge is -2.32. The van der Waals surface area contributed by atoms with Crippen molar-refractivity contribution in [2.45, 2.75) is 13.5 Å². The van der Waals surface area contributed by atoms with Crippen molar-refractivity contribution in [1.82, 2.24) is 14.4 Å². The number of aromatic nitrogens is 1. The molecular formula is C14H23N3. The van der Waals surface area contributed by atoms with Gasteiger partial charge in [-0.15, -0.1) is 0 Å². The summed E-state index contributed by atoms with van der Waals surface area (Å²) in [5.74, 6) is 0. The zero-order valence-electron chi connectivity index (χ0n) is 11.2. The summed E-state index contributed by atoms with van der Waals surface area (Å²) in [6.45, 7) is 11.8. The Morgan fingerprint density at radius 3 is 2.41 bits per heavy atom. The first-order valence-corrected chi connectivity index (χ1v) is 6.30. The summed E-state index contributed by atoms with van der Waals surface area (Å²) in [5, 5.41) is 0. The lowest BCUT2D eigenvalue weighted by Crippen LogP contribution is -2.43. The summed E-state index contributed by atoms with van der Waals surface area (Å²) in [7, 11) is 4.31. The molecule has 2 heterocycles. The maximum Gasteiger partial charge on any atom is 0.0403 e. The van der Waals surface area contributed by atoms with E-state index >= 15 is 0 Å². The third-order valence-corrected chi connectivity index (χ3v) is 3.88. The second kappa shape index (κ2) is 5.07.